The fraction of sp³-hybridized carbons (Fsp3) is 0.200. The van der Waals surface area contributed by atoms with Gasteiger partial charge in [0, 0.05) is 36.7 Å². The van der Waals surface area contributed by atoms with Crippen LogP contribution >= 0.6 is 0 Å². The van der Waals surface area contributed by atoms with Crippen LogP contribution < -0.4 is 5.32 Å². The monoisotopic (exact) mass is 426 g/mol. The van der Waals surface area contributed by atoms with E-state index in [0.717, 1.165) is 16.7 Å². The molecule has 2 unspecified atom stereocenters. The zero-order valence-electron chi connectivity index (χ0n) is 17.3. The molecule has 1 aromatic heterocycles. The number of carbonyl (C=O) groups excluding carboxylic acids is 1. The molecule has 1 aliphatic heterocycles. The Kier molecular flexibility index (Phi) is 6.24. The lowest BCUT2D eigenvalue weighted by Gasteiger charge is -2.27. The van der Waals surface area contributed by atoms with Gasteiger partial charge in [-0.25, -0.2) is 0 Å². The maximum atomic E-state index is 12.6. The third-order valence-electron chi connectivity index (χ3n) is 5.55. The van der Waals surface area contributed by atoms with Crippen LogP contribution in [-0.2, 0) is 15.0 Å². The van der Waals surface area contributed by atoms with Crippen molar-refractivity contribution in [3.8, 4) is 6.07 Å². The van der Waals surface area contributed by atoms with Crippen molar-refractivity contribution >= 4 is 17.3 Å². The lowest BCUT2D eigenvalue weighted by atomic mass is 9.73. The Morgan fingerprint density at radius 2 is 1.88 bits per heavy atom. The van der Waals surface area contributed by atoms with Gasteiger partial charge >= 0.3 is 0 Å². The number of aromatic nitrogens is 1. The number of anilines is 1. The van der Waals surface area contributed by atoms with Gasteiger partial charge in [0.1, 0.15) is 5.41 Å². The summed E-state index contributed by atoms with van der Waals surface area (Å²) in [6.45, 7) is -0.126. The topological polar surface area (TPSA) is 108 Å². The molecule has 160 valence electrons. The first kappa shape index (κ1) is 21.2. The van der Waals surface area contributed by atoms with E-state index in [4.69, 9.17) is 4.84 Å². The Bertz CT molecular complexity index is 1140. The van der Waals surface area contributed by atoms with Crippen molar-refractivity contribution in [2.24, 2.45) is 5.16 Å². The summed E-state index contributed by atoms with van der Waals surface area (Å²) < 4.78 is 0. The van der Waals surface area contributed by atoms with E-state index < -0.39 is 11.5 Å². The van der Waals surface area contributed by atoms with E-state index in [1.54, 1.807) is 42.7 Å². The number of amides is 1. The predicted octanol–water partition coefficient (Wildman–Crippen LogP) is 3.41. The quantitative estimate of drug-likeness (QED) is 0.602. The molecule has 0 saturated carbocycles. The van der Waals surface area contributed by atoms with E-state index in [2.05, 4.69) is 21.5 Å². The SMILES string of the molecule is N#CC(CCO)(c1ccccc1)c1ccc(NC(=O)C2CC(c3cccnc3)=NO2)cc1. The van der Waals surface area contributed by atoms with Gasteiger partial charge in [-0.05, 0) is 41.8 Å². The number of carbonyl (C=O) groups is 1. The molecular formula is C25H22N4O3. The average molecular weight is 426 g/mol. The normalized spacial score (nSPS) is 16.9. The van der Waals surface area contributed by atoms with Crippen LogP contribution in [0.3, 0.4) is 0 Å². The Labute approximate surface area is 186 Å². The lowest BCUT2D eigenvalue weighted by molar-refractivity contribution is -0.125. The molecule has 0 saturated heterocycles. The molecule has 2 atom stereocenters. The Balaban J connectivity index is 1.47. The van der Waals surface area contributed by atoms with E-state index in [1.165, 1.54) is 0 Å². The first-order valence-electron chi connectivity index (χ1n) is 10.3. The third-order valence-corrected chi connectivity index (χ3v) is 5.55. The summed E-state index contributed by atoms with van der Waals surface area (Å²) in [5.41, 5.74) is 2.68. The van der Waals surface area contributed by atoms with Crippen molar-refractivity contribution in [1.29, 1.82) is 5.26 Å². The molecule has 0 bridgehead atoms. The van der Waals surface area contributed by atoms with Crippen LogP contribution in [0.2, 0.25) is 0 Å². The predicted molar refractivity (Wildman–Crippen MR) is 120 cm³/mol. The summed E-state index contributed by atoms with van der Waals surface area (Å²) in [5.74, 6) is -0.301. The second kappa shape index (κ2) is 9.41. The molecule has 32 heavy (non-hydrogen) atoms. The standard InChI is InChI=1S/C25H22N4O3/c26-17-25(12-14-30,19-6-2-1-3-7-19)20-8-10-21(11-9-20)28-24(31)23-15-22(29-32-23)18-5-4-13-27-16-18/h1-11,13,16,23,30H,12,14-15H2,(H,28,31). The van der Waals surface area contributed by atoms with Gasteiger partial charge in [0.15, 0.2) is 0 Å². The molecule has 0 fully saturated rings. The van der Waals surface area contributed by atoms with Crippen LogP contribution in [0, 0.1) is 11.3 Å². The van der Waals surface area contributed by atoms with Gasteiger partial charge < -0.3 is 15.3 Å². The molecule has 2 N–H and O–H groups in total. The third kappa shape index (κ3) is 4.22. The molecule has 4 rings (SSSR count). The van der Waals surface area contributed by atoms with Crippen LogP contribution in [0.1, 0.15) is 29.5 Å². The number of nitrogens with one attached hydrogen (secondary N) is 1. The highest BCUT2D eigenvalue weighted by molar-refractivity contribution is 6.05. The van der Waals surface area contributed by atoms with Crippen LogP contribution in [0.15, 0.2) is 84.3 Å². The van der Waals surface area contributed by atoms with E-state index >= 15 is 0 Å². The molecule has 7 heteroatoms. The summed E-state index contributed by atoms with van der Waals surface area (Å²) in [6, 6.07) is 22.5. The summed E-state index contributed by atoms with van der Waals surface area (Å²) >= 11 is 0. The maximum Gasteiger partial charge on any atom is 0.268 e. The smallest absolute Gasteiger partial charge is 0.268 e. The van der Waals surface area contributed by atoms with Gasteiger partial charge in [0.25, 0.3) is 5.91 Å². The zero-order valence-corrected chi connectivity index (χ0v) is 17.3. The maximum absolute atomic E-state index is 12.6. The van der Waals surface area contributed by atoms with Crippen molar-refractivity contribution in [3.63, 3.8) is 0 Å². The highest BCUT2D eigenvalue weighted by atomic mass is 16.6. The van der Waals surface area contributed by atoms with Gasteiger partial charge in [-0.1, -0.05) is 47.6 Å². The highest BCUT2D eigenvalue weighted by Crippen LogP contribution is 2.35. The molecule has 2 aromatic carbocycles. The molecule has 0 radical (unpaired) electrons. The number of pyridine rings is 1. The zero-order chi connectivity index (χ0) is 22.4. The van der Waals surface area contributed by atoms with E-state index in [-0.39, 0.29) is 18.9 Å². The molecule has 1 aliphatic rings. The minimum atomic E-state index is -0.973. The van der Waals surface area contributed by atoms with Gasteiger partial charge in [-0.15, -0.1) is 0 Å². The molecular weight excluding hydrogens is 404 g/mol. The number of hydrogen-bond donors (Lipinski definition) is 2. The van der Waals surface area contributed by atoms with Crippen molar-refractivity contribution in [1.82, 2.24) is 4.98 Å². The number of oxime groups is 1. The number of nitrogens with zero attached hydrogens (tertiary/aromatic N) is 3. The molecule has 2 heterocycles. The summed E-state index contributed by atoms with van der Waals surface area (Å²) in [4.78, 5) is 22.0. The Morgan fingerprint density at radius 3 is 2.53 bits per heavy atom. The van der Waals surface area contributed by atoms with Crippen molar-refractivity contribution < 1.29 is 14.7 Å². The highest BCUT2D eigenvalue weighted by Gasteiger charge is 2.34. The van der Waals surface area contributed by atoms with E-state index in [0.29, 0.717) is 17.8 Å². The van der Waals surface area contributed by atoms with E-state index in [1.807, 2.05) is 36.4 Å². The minimum absolute atomic E-state index is 0.126. The van der Waals surface area contributed by atoms with Crippen molar-refractivity contribution in [2.75, 3.05) is 11.9 Å². The fourth-order valence-corrected chi connectivity index (χ4v) is 3.81. The van der Waals surface area contributed by atoms with Crippen LogP contribution in [0.25, 0.3) is 0 Å². The lowest BCUT2D eigenvalue weighted by Crippen LogP contribution is -2.29. The summed E-state index contributed by atoms with van der Waals surface area (Å²) in [5, 5.41) is 26.5. The molecule has 0 spiro atoms. The van der Waals surface area contributed by atoms with Crippen LogP contribution in [0.4, 0.5) is 5.69 Å². The van der Waals surface area contributed by atoms with Crippen molar-refractivity contribution in [3.05, 3.63) is 95.8 Å². The number of aliphatic hydroxyl groups is 1. The van der Waals surface area contributed by atoms with Gasteiger partial charge in [-0.2, -0.15) is 5.26 Å². The van der Waals surface area contributed by atoms with Gasteiger partial charge in [-0.3, -0.25) is 9.78 Å². The number of hydrogen-bond acceptors (Lipinski definition) is 6. The molecule has 1 amide bonds. The molecule has 0 aliphatic carbocycles. The van der Waals surface area contributed by atoms with Crippen LogP contribution in [0.5, 0.6) is 0 Å². The van der Waals surface area contributed by atoms with Crippen LogP contribution in [-0.4, -0.2) is 34.4 Å². The first-order valence-corrected chi connectivity index (χ1v) is 10.3. The second-order valence-corrected chi connectivity index (χ2v) is 7.50. The van der Waals surface area contributed by atoms with Gasteiger partial charge in [0.2, 0.25) is 6.10 Å². The number of aliphatic hydroxyl groups excluding tert-OH is 1. The summed E-state index contributed by atoms with van der Waals surface area (Å²) in [6.07, 6.45) is 3.26. The van der Waals surface area contributed by atoms with E-state index in [9.17, 15) is 15.2 Å². The second-order valence-electron chi connectivity index (χ2n) is 7.50. The number of nitriles is 1. The van der Waals surface area contributed by atoms with Crippen molar-refractivity contribution in [2.45, 2.75) is 24.4 Å². The van der Waals surface area contributed by atoms with Gasteiger partial charge in [0.05, 0.1) is 11.8 Å². The summed E-state index contributed by atoms with van der Waals surface area (Å²) in [7, 11) is 0. The molecule has 3 aromatic rings. The Morgan fingerprint density at radius 1 is 1.12 bits per heavy atom. The molecule has 7 nitrogen and oxygen atoms in total. The number of benzene rings is 2. The fourth-order valence-electron chi connectivity index (χ4n) is 3.81. The minimum Gasteiger partial charge on any atom is -0.396 e. The first-order chi connectivity index (χ1) is 15.7. The number of rotatable bonds is 7. The largest absolute Gasteiger partial charge is 0.396 e. The Hall–Kier alpha value is -4.02. The average Bonchev–Trinajstić information content (AvgIpc) is 3.35.